The number of anilines is 1. The first-order valence-electron chi connectivity index (χ1n) is 10.8. The molecular weight excluding hydrogens is 414 g/mol. The van der Waals surface area contributed by atoms with Crippen LogP contribution in [0.1, 0.15) is 44.2 Å². The van der Waals surface area contributed by atoms with Gasteiger partial charge in [0.25, 0.3) is 0 Å². The summed E-state index contributed by atoms with van der Waals surface area (Å²) < 4.78 is 29.3. The smallest absolute Gasteiger partial charge is 0.243 e. The van der Waals surface area contributed by atoms with Gasteiger partial charge < -0.3 is 5.32 Å². The lowest BCUT2D eigenvalue weighted by Crippen LogP contribution is -2.37. The standard InChI is InChI=1S/C22H33N5O3S/c1-17(2)26(15-19-13-23-25(4)14-19)16-22(28)24-21-12-20(9-8-18(21)3)31(29,30)27-10-6-5-7-11-27/h8-9,12-14,17H,5-7,10-11,15-16H2,1-4H3,(H,24,28). The van der Waals surface area contributed by atoms with Gasteiger partial charge in [-0.3, -0.25) is 14.4 Å². The Morgan fingerprint density at radius 3 is 2.55 bits per heavy atom. The van der Waals surface area contributed by atoms with Crippen molar-refractivity contribution in [2.75, 3.05) is 25.0 Å². The third-order valence-electron chi connectivity index (χ3n) is 5.66. The highest BCUT2D eigenvalue weighted by Gasteiger charge is 2.26. The summed E-state index contributed by atoms with van der Waals surface area (Å²) in [5.41, 5.74) is 2.40. The van der Waals surface area contributed by atoms with E-state index in [-0.39, 0.29) is 23.4 Å². The molecule has 1 aliphatic heterocycles. The van der Waals surface area contributed by atoms with E-state index in [1.54, 1.807) is 33.4 Å². The van der Waals surface area contributed by atoms with E-state index in [0.717, 1.165) is 30.4 Å². The van der Waals surface area contributed by atoms with Crippen LogP contribution < -0.4 is 5.32 Å². The summed E-state index contributed by atoms with van der Waals surface area (Å²) in [6.45, 7) is 7.87. The number of benzene rings is 1. The minimum absolute atomic E-state index is 0.165. The number of aromatic nitrogens is 2. The van der Waals surface area contributed by atoms with Crippen LogP contribution in [0.5, 0.6) is 0 Å². The second-order valence-corrected chi connectivity index (χ2v) is 10.4. The molecule has 170 valence electrons. The number of nitrogens with one attached hydrogen (secondary N) is 1. The van der Waals surface area contributed by atoms with Crippen molar-refractivity contribution in [2.45, 2.75) is 57.5 Å². The fourth-order valence-corrected chi connectivity index (χ4v) is 5.28. The van der Waals surface area contributed by atoms with Crippen LogP contribution in [0.25, 0.3) is 0 Å². The molecule has 1 aromatic heterocycles. The molecule has 1 aromatic carbocycles. The minimum atomic E-state index is -3.55. The summed E-state index contributed by atoms with van der Waals surface area (Å²) in [6.07, 6.45) is 6.57. The zero-order valence-electron chi connectivity index (χ0n) is 18.8. The molecule has 0 aliphatic carbocycles. The molecule has 9 heteroatoms. The van der Waals surface area contributed by atoms with Gasteiger partial charge in [0.2, 0.25) is 15.9 Å². The monoisotopic (exact) mass is 447 g/mol. The number of rotatable bonds is 8. The highest BCUT2D eigenvalue weighted by atomic mass is 32.2. The predicted octanol–water partition coefficient (Wildman–Crippen LogP) is 2.75. The first-order valence-corrected chi connectivity index (χ1v) is 12.2. The van der Waals surface area contributed by atoms with Gasteiger partial charge in [0.05, 0.1) is 17.6 Å². The fourth-order valence-electron chi connectivity index (χ4n) is 3.73. The van der Waals surface area contributed by atoms with Crippen LogP contribution in [0.2, 0.25) is 0 Å². The van der Waals surface area contributed by atoms with E-state index < -0.39 is 10.0 Å². The Kier molecular flexibility index (Phi) is 7.51. The summed E-state index contributed by atoms with van der Waals surface area (Å²) in [5, 5.41) is 7.10. The topological polar surface area (TPSA) is 87.5 Å². The van der Waals surface area contributed by atoms with Crippen molar-refractivity contribution in [3.8, 4) is 0 Å². The highest BCUT2D eigenvalue weighted by molar-refractivity contribution is 7.89. The van der Waals surface area contributed by atoms with E-state index >= 15 is 0 Å². The molecule has 0 atom stereocenters. The molecule has 31 heavy (non-hydrogen) atoms. The third-order valence-corrected chi connectivity index (χ3v) is 7.55. The number of sulfonamides is 1. The first kappa shape index (κ1) is 23.4. The van der Waals surface area contributed by atoms with Gasteiger partial charge >= 0.3 is 0 Å². The number of hydrogen-bond donors (Lipinski definition) is 1. The number of hydrogen-bond acceptors (Lipinski definition) is 5. The Labute approximate surface area is 185 Å². The van der Waals surface area contributed by atoms with Crippen molar-refractivity contribution in [3.63, 3.8) is 0 Å². The van der Waals surface area contributed by atoms with Crippen LogP contribution in [0.3, 0.4) is 0 Å². The summed E-state index contributed by atoms with van der Waals surface area (Å²) in [4.78, 5) is 15.1. The number of nitrogens with zero attached hydrogens (tertiary/aromatic N) is 4. The van der Waals surface area contributed by atoms with Gasteiger partial charge in [-0.2, -0.15) is 9.40 Å². The molecule has 0 radical (unpaired) electrons. The van der Waals surface area contributed by atoms with E-state index in [2.05, 4.69) is 15.3 Å². The Bertz CT molecular complexity index is 1010. The fraction of sp³-hybridized carbons (Fsp3) is 0.545. The van der Waals surface area contributed by atoms with Gasteiger partial charge in [-0.25, -0.2) is 8.42 Å². The average Bonchev–Trinajstić information content (AvgIpc) is 3.14. The molecule has 1 fully saturated rings. The largest absolute Gasteiger partial charge is 0.325 e. The molecule has 1 amide bonds. The molecule has 3 rings (SSSR count). The van der Waals surface area contributed by atoms with Gasteiger partial charge in [-0.1, -0.05) is 12.5 Å². The lowest BCUT2D eigenvalue weighted by molar-refractivity contribution is -0.117. The Hall–Kier alpha value is -2.23. The van der Waals surface area contributed by atoms with E-state index in [4.69, 9.17) is 0 Å². The normalized spacial score (nSPS) is 15.5. The molecule has 0 saturated carbocycles. The molecule has 1 N–H and O–H groups in total. The van der Waals surface area contributed by atoms with Crippen LogP contribution in [0.15, 0.2) is 35.5 Å². The Morgan fingerprint density at radius 2 is 1.94 bits per heavy atom. The van der Waals surface area contributed by atoms with Gasteiger partial charge in [0, 0.05) is 50.2 Å². The van der Waals surface area contributed by atoms with Crippen LogP contribution >= 0.6 is 0 Å². The summed E-state index contributed by atoms with van der Waals surface area (Å²) in [6, 6.07) is 5.12. The molecule has 0 spiro atoms. The van der Waals surface area contributed by atoms with Crippen LogP contribution in [0, 0.1) is 6.92 Å². The predicted molar refractivity (Wildman–Crippen MR) is 121 cm³/mol. The number of carbonyl (C=O) groups is 1. The Balaban J connectivity index is 1.72. The maximum Gasteiger partial charge on any atom is 0.243 e. The SMILES string of the molecule is Cc1ccc(S(=O)(=O)N2CCCCC2)cc1NC(=O)CN(Cc1cnn(C)c1)C(C)C. The van der Waals surface area contributed by atoms with E-state index in [0.29, 0.717) is 25.3 Å². The number of carbonyl (C=O) groups excluding carboxylic acids is 1. The van der Waals surface area contributed by atoms with Crippen LogP contribution in [-0.2, 0) is 28.4 Å². The van der Waals surface area contributed by atoms with Crippen LogP contribution in [-0.4, -0.2) is 59.0 Å². The second kappa shape index (κ2) is 9.93. The maximum atomic E-state index is 13.0. The average molecular weight is 448 g/mol. The molecule has 2 aromatic rings. The number of aryl methyl sites for hydroxylation is 2. The van der Waals surface area contributed by atoms with E-state index in [9.17, 15) is 13.2 Å². The molecular formula is C22H33N5O3S. The quantitative estimate of drug-likeness (QED) is 0.672. The Morgan fingerprint density at radius 1 is 1.23 bits per heavy atom. The number of amides is 1. The van der Waals surface area contributed by atoms with Gasteiger partial charge in [-0.15, -0.1) is 0 Å². The van der Waals surface area contributed by atoms with Gasteiger partial charge in [0.15, 0.2) is 0 Å². The molecule has 8 nitrogen and oxygen atoms in total. The first-order chi connectivity index (χ1) is 14.7. The van der Waals surface area contributed by atoms with Gasteiger partial charge in [0.1, 0.15) is 0 Å². The molecule has 2 heterocycles. The second-order valence-electron chi connectivity index (χ2n) is 8.51. The van der Waals surface area contributed by atoms with E-state index in [1.165, 1.54) is 0 Å². The summed E-state index contributed by atoms with van der Waals surface area (Å²) >= 11 is 0. The van der Waals surface area contributed by atoms with Gasteiger partial charge in [-0.05, 0) is 51.3 Å². The van der Waals surface area contributed by atoms with Crippen molar-refractivity contribution in [3.05, 3.63) is 41.7 Å². The van der Waals surface area contributed by atoms with Crippen molar-refractivity contribution < 1.29 is 13.2 Å². The van der Waals surface area contributed by atoms with E-state index in [1.807, 2.05) is 34.0 Å². The zero-order valence-corrected chi connectivity index (χ0v) is 19.7. The zero-order chi connectivity index (χ0) is 22.6. The van der Waals surface area contributed by atoms with Crippen molar-refractivity contribution >= 4 is 21.6 Å². The van der Waals surface area contributed by atoms with Crippen LogP contribution in [0.4, 0.5) is 5.69 Å². The van der Waals surface area contributed by atoms with Crippen molar-refractivity contribution in [1.29, 1.82) is 0 Å². The van der Waals surface area contributed by atoms with Crippen molar-refractivity contribution in [2.24, 2.45) is 7.05 Å². The third kappa shape index (κ3) is 5.93. The maximum absolute atomic E-state index is 13.0. The summed E-state index contributed by atoms with van der Waals surface area (Å²) in [7, 11) is -1.68. The molecule has 1 saturated heterocycles. The summed E-state index contributed by atoms with van der Waals surface area (Å²) in [5.74, 6) is -0.173. The molecule has 0 unspecified atom stereocenters. The van der Waals surface area contributed by atoms with Crippen molar-refractivity contribution in [1.82, 2.24) is 19.0 Å². The molecule has 1 aliphatic rings. The lowest BCUT2D eigenvalue weighted by Gasteiger charge is -2.26. The number of piperidine rings is 1. The lowest BCUT2D eigenvalue weighted by atomic mass is 10.2. The highest BCUT2D eigenvalue weighted by Crippen LogP contribution is 2.25. The molecule has 0 bridgehead atoms. The minimum Gasteiger partial charge on any atom is -0.325 e.